The van der Waals surface area contributed by atoms with Crippen molar-refractivity contribution in [3.8, 4) is 23.0 Å². The third-order valence-electron chi connectivity index (χ3n) is 7.75. The molecule has 3 aromatic carbocycles. The minimum Gasteiger partial charge on any atom is -0.465 e. The average Bonchev–Trinajstić information content (AvgIpc) is 3.99. The van der Waals surface area contributed by atoms with E-state index in [9.17, 15) is 9.59 Å². The molecule has 10 heteroatoms. The smallest absolute Gasteiger partial charge is 0.343 e. The number of aryl methyl sites for hydroxylation is 1. The molecule has 252 valence electrons. The van der Waals surface area contributed by atoms with E-state index in [0.29, 0.717) is 66.1 Å². The van der Waals surface area contributed by atoms with Gasteiger partial charge in [-0.25, -0.2) is 9.59 Å². The second-order valence-electron chi connectivity index (χ2n) is 12.5. The maximum Gasteiger partial charge on any atom is 0.343 e. The lowest BCUT2D eigenvalue weighted by Crippen LogP contribution is -2.26. The molecule has 5 rings (SSSR count). The Morgan fingerprint density at radius 1 is 0.681 bits per heavy atom. The van der Waals surface area contributed by atoms with Gasteiger partial charge in [-0.3, -0.25) is 0 Å². The fraction of sp³-hybridized carbons (Fsp3) is 0.459. The molecule has 10 nitrogen and oxygen atoms in total. The van der Waals surface area contributed by atoms with Gasteiger partial charge in [-0.1, -0.05) is 26.7 Å². The number of carbonyl (C=O) groups excluding carboxylic acids is 2. The molecule has 2 aliphatic heterocycles. The SMILES string of the molecule is CCCC(OCC1(C)CO1)Oc1ccc(C(=O)Oc2ccc(OC(=O)c3ccc(OC(CCC)OCC4(C)CO4)cc3)c(C)c2)cc1. The molecule has 4 unspecified atom stereocenters. The fourth-order valence-corrected chi connectivity index (χ4v) is 4.54. The summed E-state index contributed by atoms with van der Waals surface area (Å²) in [5, 5.41) is 0. The summed E-state index contributed by atoms with van der Waals surface area (Å²) in [6.07, 6.45) is 2.47. The van der Waals surface area contributed by atoms with Crippen LogP contribution in [0.25, 0.3) is 0 Å². The molecule has 0 spiro atoms. The molecule has 0 bridgehead atoms. The number of rotatable bonds is 18. The fourth-order valence-electron chi connectivity index (χ4n) is 4.54. The van der Waals surface area contributed by atoms with Gasteiger partial charge in [0.1, 0.15) is 34.2 Å². The van der Waals surface area contributed by atoms with E-state index in [0.717, 1.165) is 25.7 Å². The van der Waals surface area contributed by atoms with Crippen LogP contribution in [0.5, 0.6) is 23.0 Å². The molecular formula is C37H44O10. The predicted molar refractivity (Wildman–Crippen MR) is 173 cm³/mol. The van der Waals surface area contributed by atoms with E-state index in [1.165, 1.54) is 0 Å². The summed E-state index contributed by atoms with van der Waals surface area (Å²) in [5.41, 5.74) is 0.922. The van der Waals surface area contributed by atoms with Crippen LogP contribution >= 0.6 is 0 Å². The molecular weight excluding hydrogens is 604 g/mol. The summed E-state index contributed by atoms with van der Waals surface area (Å²) in [5.74, 6) is 0.824. The first-order valence-electron chi connectivity index (χ1n) is 16.2. The lowest BCUT2D eigenvalue weighted by Gasteiger charge is -2.20. The normalized spacial score (nSPS) is 21.0. The molecule has 0 aromatic heterocycles. The standard InChI is InChI=1S/C37H44O10/c1-6-8-32(40-21-36(4)23-42-36)44-28-14-10-26(11-15-28)34(38)46-30-18-19-31(25(3)20-30)47-35(39)27-12-16-29(17-13-27)45-33(9-7-2)41-22-37(5)24-43-37/h10-20,32-33H,6-9,21-24H2,1-5H3. The van der Waals surface area contributed by atoms with Crippen molar-refractivity contribution in [3.05, 3.63) is 83.4 Å². The Balaban J connectivity index is 1.11. The molecule has 4 atom stereocenters. The van der Waals surface area contributed by atoms with Crippen molar-refractivity contribution in [1.82, 2.24) is 0 Å². The zero-order valence-electron chi connectivity index (χ0n) is 27.7. The molecule has 0 N–H and O–H groups in total. The van der Waals surface area contributed by atoms with E-state index < -0.39 is 24.5 Å². The molecule has 0 aliphatic carbocycles. The number of hydrogen-bond acceptors (Lipinski definition) is 10. The number of esters is 2. The van der Waals surface area contributed by atoms with Gasteiger partial charge in [0, 0.05) is 12.8 Å². The van der Waals surface area contributed by atoms with E-state index >= 15 is 0 Å². The summed E-state index contributed by atoms with van der Waals surface area (Å²) in [7, 11) is 0. The topological polar surface area (TPSA) is 115 Å². The molecule has 0 amide bonds. The highest BCUT2D eigenvalue weighted by atomic mass is 16.7. The van der Waals surface area contributed by atoms with Crippen molar-refractivity contribution in [2.75, 3.05) is 26.4 Å². The Labute approximate surface area is 276 Å². The van der Waals surface area contributed by atoms with Crippen LogP contribution in [0.2, 0.25) is 0 Å². The zero-order valence-corrected chi connectivity index (χ0v) is 27.7. The minimum absolute atomic E-state index is 0.220. The van der Waals surface area contributed by atoms with Gasteiger partial charge in [-0.15, -0.1) is 0 Å². The van der Waals surface area contributed by atoms with Gasteiger partial charge in [0.25, 0.3) is 0 Å². The first-order valence-corrected chi connectivity index (χ1v) is 16.2. The number of epoxide rings is 2. The van der Waals surface area contributed by atoms with E-state index in [-0.39, 0.29) is 11.2 Å². The van der Waals surface area contributed by atoms with E-state index in [1.54, 1.807) is 73.7 Å². The van der Waals surface area contributed by atoms with Crippen LogP contribution in [0.15, 0.2) is 66.7 Å². The summed E-state index contributed by atoms with van der Waals surface area (Å²) >= 11 is 0. The van der Waals surface area contributed by atoms with Crippen LogP contribution in [-0.2, 0) is 18.9 Å². The lowest BCUT2D eigenvalue weighted by atomic mass is 10.2. The summed E-state index contributed by atoms with van der Waals surface area (Å²) in [6, 6.07) is 18.3. The van der Waals surface area contributed by atoms with Gasteiger partial charge in [-0.2, -0.15) is 0 Å². The maximum atomic E-state index is 12.9. The number of benzene rings is 3. The van der Waals surface area contributed by atoms with Crippen molar-refractivity contribution in [2.24, 2.45) is 0 Å². The molecule has 0 saturated carbocycles. The van der Waals surface area contributed by atoms with Gasteiger partial charge in [0.2, 0.25) is 0 Å². The highest BCUT2D eigenvalue weighted by Gasteiger charge is 2.41. The molecule has 47 heavy (non-hydrogen) atoms. The Bertz CT molecular complexity index is 1490. The van der Waals surface area contributed by atoms with E-state index in [1.807, 2.05) is 13.8 Å². The van der Waals surface area contributed by atoms with Crippen LogP contribution < -0.4 is 18.9 Å². The summed E-state index contributed by atoms with van der Waals surface area (Å²) in [4.78, 5) is 25.7. The molecule has 0 radical (unpaired) electrons. The van der Waals surface area contributed by atoms with Gasteiger partial charge < -0.3 is 37.9 Å². The second-order valence-corrected chi connectivity index (χ2v) is 12.5. The van der Waals surface area contributed by atoms with Gasteiger partial charge in [0.15, 0.2) is 12.6 Å². The van der Waals surface area contributed by atoms with E-state index in [2.05, 4.69) is 13.8 Å². The maximum absolute atomic E-state index is 12.9. The van der Waals surface area contributed by atoms with E-state index in [4.69, 9.17) is 37.9 Å². The van der Waals surface area contributed by atoms with Crippen molar-refractivity contribution in [3.63, 3.8) is 0 Å². The van der Waals surface area contributed by atoms with Crippen LogP contribution in [0.3, 0.4) is 0 Å². The third kappa shape index (κ3) is 10.3. The quantitative estimate of drug-likeness (QED) is 0.0615. The summed E-state index contributed by atoms with van der Waals surface area (Å²) in [6.45, 7) is 12.2. The van der Waals surface area contributed by atoms with Crippen molar-refractivity contribution >= 4 is 11.9 Å². The Morgan fingerprint density at radius 2 is 1.11 bits per heavy atom. The van der Waals surface area contributed by atoms with Gasteiger partial charge in [0.05, 0.1) is 37.6 Å². The van der Waals surface area contributed by atoms with Crippen LogP contribution in [-0.4, -0.2) is 62.1 Å². The highest BCUT2D eigenvalue weighted by Crippen LogP contribution is 2.29. The van der Waals surface area contributed by atoms with Crippen LogP contribution in [0, 0.1) is 6.92 Å². The van der Waals surface area contributed by atoms with Crippen LogP contribution in [0.1, 0.15) is 79.7 Å². The number of ether oxygens (including phenoxy) is 8. The Morgan fingerprint density at radius 3 is 1.51 bits per heavy atom. The first-order chi connectivity index (χ1) is 22.6. The molecule has 3 aromatic rings. The first kappa shape index (κ1) is 34.4. The highest BCUT2D eigenvalue weighted by molar-refractivity contribution is 5.92. The van der Waals surface area contributed by atoms with Gasteiger partial charge in [-0.05, 0) is 93.1 Å². The molecule has 2 saturated heterocycles. The summed E-state index contributed by atoms with van der Waals surface area (Å²) < 4.78 is 45.8. The molecule has 2 heterocycles. The van der Waals surface area contributed by atoms with Crippen molar-refractivity contribution < 1.29 is 47.5 Å². The third-order valence-corrected chi connectivity index (χ3v) is 7.75. The molecule has 2 aliphatic rings. The number of hydrogen-bond donors (Lipinski definition) is 0. The average molecular weight is 649 g/mol. The zero-order chi connectivity index (χ0) is 33.4. The minimum atomic E-state index is -0.523. The monoisotopic (exact) mass is 648 g/mol. The Hall–Kier alpha value is -3.96. The van der Waals surface area contributed by atoms with Crippen molar-refractivity contribution in [1.29, 1.82) is 0 Å². The van der Waals surface area contributed by atoms with Crippen LogP contribution in [0.4, 0.5) is 0 Å². The van der Waals surface area contributed by atoms with Gasteiger partial charge >= 0.3 is 11.9 Å². The van der Waals surface area contributed by atoms with Crippen molar-refractivity contribution in [2.45, 2.75) is 84.1 Å². The Kier molecular flexibility index (Phi) is 11.2. The lowest BCUT2D eigenvalue weighted by molar-refractivity contribution is -0.0979. The number of carbonyl (C=O) groups is 2. The second kappa shape index (κ2) is 15.3. The largest absolute Gasteiger partial charge is 0.465 e. The molecule has 2 fully saturated rings. The predicted octanol–water partition coefficient (Wildman–Crippen LogP) is 7.05.